The van der Waals surface area contributed by atoms with Crippen LogP contribution in [0.5, 0.6) is 0 Å². The van der Waals surface area contributed by atoms with Crippen molar-refractivity contribution in [2.75, 3.05) is 13.1 Å². The number of nitrogens with one attached hydrogen (secondary N) is 1. The van der Waals surface area contributed by atoms with Crippen molar-refractivity contribution in [3.8, 4) is 0 Å². The number of benzene rings is 1. The lowest BCUT2D eigenvalue weighted by Crippen LogP contribution is -2.43. The third kappa shape index (κ3) is 4.20. The van der Waals surface area contributed by atoms with Gasteiger partial charge in [0.1, 0.15) is 0 Å². The van der Waals surface area contributed by atoms with Crippen LogP contribution in [0, 0.1) is 0 Å². The van der Waals surface area contributed by atoms with Crippen molar-refractivity contribution in [1.82, 2.24) is 10.2 Å². The lowest BCUT2D eigenvalue weighted by atomic mass is 10.1. The molecule has 3 nitrogen and oxygen atoms in total. The van der Waals surface area contributed by atoms with Crippen molar-refractivity contribution < 1.29 is 18.0 Å². The van der Waals surface area contributed by atoms with Crippen LogP contribution in [0.15, 0.2) is 24.3 Å². The summed E-state index contributed by atoms with van der Waals surface area (Å²) in [7, 11) is 0. The highest BCUT2D eigenvalue weighted by molar-refractivity contribution is 5.81. The number of carbonyl (C=O) groups excluding carboxylic acids is 1. The molecule has 6 heteroatoms. The van der Waals surface area contributed by atoms with Crippen molar-refractivity contribution in [2.24, 2.45) is 0 Å². The molecule has 1 fully saturated rings. The highest BCUT2D eigenvalue weighted by Gasteiger charge is 2.30. The normalized spacial score (nSPS) is 17.0. The second-order valence-electron chi connectivity index (χ2n) is 5.33. The molecule has 1 unspecified atom stereocenters. The van der Waals surface area contributed by atoms with Gasteiger partial charge in [-0.05, 0) is 31.4 Å². The molecule has 1 atom stereocenters. The van der Waals surface area contributed by atoms with Gasteiger partial charge in [0.25, 0.3) is 0 Å². The summed E-state index contributed by atoms with van der Waals surface area (Å²) in [6, 6.07) is 4.77. The Morgan fingerprint density at radius 1 is 1.33 bits per heavy atom. The Balaban J connectivity index is 1.92. The van der Waals surface area contributed by atoms with E-state index < -0.39 is 17.8 Å². The van der Waals surface area contributed by atoms with E-state index in [2.05, 4.69) is 5.32 Å². The largest absolute Gasteiger partial charge is 0.416 e. The lowest BCUT2D eigenvalue weighted by Gasteiger charge is -2.21. The maximum Gasteiger partial charge on any atom is 0.416 e. The fourth-order valence-electron chi connectivity index (χ4n) is 2.43. The molecule has 0 radical (unpaired) electrons. The molecule has 116 valence electrons. The first-order valence-electron chi connectivity index (χ1n) is 7.06. The van der Waals surface area contributed by atoms with E-state index in [1.54, 1.807) is 17.9 Å². The molecule has 0 aliphatic carbocycles. The van der Waals surface area contributed by atoms with Crippen LogP contribution < -0.4 is 5.32 Å². The Hall–Kier alpha value is -1.56. The van der Waals surface area contributed by atoms with Gasteiger partial charge in [0.05, 0.1) is 11.6 Å². The van der Waals surface area contributed by atoms with Crippen LogP contribution in [0.4, 0.5) is 13.2 Å². The minimum Gasteiger partial charge on any atom is -0.341 e. The molecule has 1 aromatic carbocycles. The van der Waals surface area contributed by atoms with Gasteiger partial charge in [-0.3, -0.25) is 4.79 Å². The first-order valence-corrected chi connectivity index (χ1v) is 7.06. The quantitative estimate of drug-likeness (QED) is 0.927. The standard InChI is InChI=1S/C15H19F3N2O/c1-11(14(21)20-7-2-3-8-20)19-10-12-5-4-6-13(9-12)15(16,17)18/h4-6,9,11,19H,2-3,7-8,10H2,1H3. The fourth-order valence-corrected chi connectivity index (χ4v) is 2.43. The molecule has 1 saturated heterocycles. The van der Waals surface area contributed by atoms with E-state index in [-0.39, 0.29) is 12.5 Å². The van der Waals surface area contributed by atoms with Crippen molar-refractivity contribution in [3.05, 3.63) is 35.4 Å². The zero-order valence-corrected chi connectivity index (χ0v) is 11.9. The van der Waals surface area contributed by atoms with E-state index in [9.17, 15) is 18.0 Å². The average Bonchev–Trinajstić information content (AvgIpc) is 2.97. The molecule has 1 amide bonds. The van der Waals surface area contributed by atoms with Gasteiger partial charge in [0, 0.05) is 19.6 Å². The molecule has 1 N–H and O–H groups in total. The first-order chi connectivity index (χ1) is 9.88. The Labute approximate surface area is 122 Å². The highest BCUT2D eigenvalue weighted by Crippen LogP contribution is 2.29. The number of hydrogen-bond donors (Lipinski definition) is 1. The monoisotopic (exact) mass is 300 g/mol. The topological polar surface area (TPSA) is 32.3 Å². The Morgan fingerprint density at radius 2 is 2.00 bits per heavy atom. The van der Waals surface area contributed by atoms with Crippen molar-refractivity contribution in [1.29, 1.82) is 0 Å². The Morgan fingerprint density at radius 3 is 2.62 bits per heavy atom. The Kier molecular flexibility index (Phi) is 4.88. The summed E-state index contributed by atoms with van der Waals surface area (Å²) in [6.45, 7) is 3.53. The molecule has 0 saturated carbocycles. The summed E-state index contributed by atoms with van der Waals surface area (Å²) in [5.41, 5.74) is -0.147. The van der Waals surface area contributed by atoms with Gasteiger partial charge in [-0.15, -0.1) is 0 Å². The van der Waals surface area contributed by atoms with Crippen molar-refractivity contribution in [2.45, 2.75) is 38.5 Å². The molecule has 2 rings (SSSR count). The van der Waals surface area contributed by atoms with Crippen LogP contribution in [0.2, 0.25) is 0 Å². The zero-order valence-electron chi connectivity index (χ0n) is 11.9. The smallest absolute Gasteiger partial charge is 0.341 e. The highest BCUT2D eigenvalue weighted by atomic mass is 19.4. The van der Waals surface area contributed by atoms with Crippen LogP contribution in [0.3, 0.4) is 0 Å². The SMILES string of the molecule is CC(NCc1cccc(C(F)(F)F)c1)C(=O)N1CCCC1. The molecule has 0 spiro atoms. The van der Waals surface area contributed by atoms with Gasteiger partial charge in [0.2, 0.25) is 5.91 Å². The molecular weight excluding hydrogens is 281 g/mol. The predicted molar refractivity (Wildman–Crippen MR) is 73.6 cm³/mol. The van der Waals surface area contributed by atoms with Crippen LogP contribution in [-0.2, 0) is 17.5 Å². The van der Waals surface area contributed by atoms with E-state index in [1.807, 2.05) is 0 Å². The summed E-state index contributed by atoms with van der Waals surface area (Å²) in [4.78, 5) is 13.9. The fraction of sp³-hybridized carbons (Fsp3) is 0.533. The maximum absolute atomic E-state index is 12.6. The number of likely N-dealkylation sites (tertiary alicyclic amines) is 1. The molecule has 1 aliphatic rings. The Bertz CT molecular complexity index is 496. The van der Waals surface area contributed by atoms with Gasteiger partial charge < -0.3 is 10.2 Å². The van der Waals surface area contributed by atoms with Crippen LogP contribution in [-0.4, -0.2) is 29.9 Å². The summed E-state index contributed by atoms with van der Waals surface area (Å²) in [5, 5.41) is 3.00. The van der Waals surface area contributed by atoms with Gasteiger partial charge in [-0.2, -0.15) is 13.2 Å². The summed E-state index contributed by atoms with van der Waals surface area (Å²) in [6.07, 6.45) is -2.30. The molecule has 0 bridgehead atoms. The van der Waals surface area contributed by atoms with Crippen LogP contribution >= 0.6 is 0 Å². The van der Waals surface area contributed by atoms with Crippen molar-refractivity contribution in [3.63, 3.8) is 0 Å². The third-order valence-electron chi connectivity index (χ3n) is 3.65. The van der Waals surface area contributed by atoms with Crippen LogP contribution in [0.1, 0.15) is 30.9 Å². The number of alkyl halides is 3. The minimum absolute atomic E-state index is 0.0134. The van der Waals surface area contributed by atoms with E-state index in [0.717, 1.165) is 38.1 Å². The van der Waals surface area contributed by atoms with E-state index in [0.29, 0.717) is 5.56 Å². The maximum atomic E-state index is 12.6. The predicted octanol–water partition coefficient (Wildman–Crippen LogP) is 2.81. The molecule has 1 aliphatic heterocycles. The van der Waals surface area contributed by atoms with Gasteiger partial charge in [-0.1, -0.05) is 18.2 Å². The van der Waals surface area contributed by atoms with E-state index >= 15 is 0 Å². The number of rotatable bonds is 4. The summed E-state index contributed by atoms with van der Waals surface area (Å²) < 4.78 is 37.9. The zero-order chi connectivity index (χ0) is 15.5. The first kappa shape index (κ1) is 15.8. The van der Waals surface area contributed by atoms with Gasteiger partial charge >= 0.3 is 6.18 Å². The second kappa shape index (κ2) is 6.47. The summed E-state index contributed by atoms with van der Waals surface area (Å²) in [5.74, 6) is 0.0134. The number of hydrogen-bond acceptors (Lipinski definition) is 2. The van der Waals surface area contributed by atoms with E-state index in [4.69, 9.17) is 0 Å². The minimum atomic E-state index is -4.34. The van der Waals surface area contributed by atoms with Crippen LogP contribution in [0.25, 0.3) is 0 Å². The van der Waals surface area contributed by atoms with Gasteiger partial charge in [0.15, 0.2) is 0 Å². The van der Waals surface area contributed by atoms with Crippen molar-refractivity contribution >= 4 is 5.91 Å². The molecule has 1 aromatic rings. The summed E-state index contributed by atoms with van der Waals surface area (Å²) >= 11 is 0. The lowest BCUT2D eigenvalue weighted by molar-refractivity contribution is -0.137. The number of nitrogens with zero attached hydrogens (tertiary/aromatic N) is 1. The third-order valence-corrected chi connectivity index (χ3v) is 3.65. The molecular formula is C15H19F3N2O. The van der Waals surface area contributed by atoms with E-state index in [1.165, 1.54) is 6.07 Å². The molecule has 0 aromatic heterocycles. The number of amides is 1. The van der Waals surface area contributed by atoms with Gasteiger partial charge in [-0.25, -0.2) is 0 Å². The average molecular weight is 300 g/mol. The second-order valence-corrected chi connectivity index (χ2v) is 5.33. The molecule has 21 heavy (non-hydrogen) atoms. The number of carbonyl (C=O) groups is 1. The molecule has 1 heterocycles. The number of halogens is 3.